The van der Waals surface area contributed by atoms with Crippen molar-refractivity contribution in [3.63, 3.8) is 0 Å². The standard InChI is InChI=1S/C10H10FNO2/c1-14-12-7-6-10(13)8-2-4-9(11)5-3-8/h2-5,7H,6H2,1H3. The molecule has 0 bridgehead atoms. The van der Waals surface area contributed by atoms with Crippen molar-refractivity contribution in [3.05, 3.63) is 35.6 Å². The third-order valence-electron chi connectivity index (χ3n) is 1.62. The van der Waals surface area contributed by atoms with Gasteiger partial charge >= 0.3 is 0 Å². The molecule has 0 radical (unpaired) electrons. The summed E-state index contributed by atoms with van der Waals surface area (Å²) in [5.41, 5.74) is 0.467. The smallest absolute Gasteiger partial charge is 0.168 e. The normalized spacial score (nSPS) is 10.4. The molecular weight excluding hydrogens is 185 g/mol. The van der Waals surface area contributed by atoms with Crippen LogP contribution in [0.15, 0.2) is 29.4 Å². The van der Waals surface area contributed by atoms with Gasteiger partial charge in [0.1, 0.15) is 12.9 Å². The van der Waals surface area contributed by atoms with Crippen LogP contribution in [-0.2, 0) is 4.84 Å². The van der Waals surface area contributed by atoms with Gasteiger partial charge < -0.3 is 4.84 Å². The Morgan fingerprint density at radius 3 is 2.71 bits per heavy atom. The molecule has 0 unspecified atom stereocenters. The first-order chi connectivity index (χ1) is 6.74. The molecule has 0 heterocycles. The van der Waals surface area contributed by atoms with E-state index in [1.165, 1.54) is 37.6 Å². The summed E-state index contributed by atoms with van der Waals surface area (Å²) in [6, 6.07) is 5.39. The van der Waals surface area contributed by atoms with Crippen LogP contribution in [0.3, 0.4) is 0 Å². The summed E-state index contributed by atoms with van der Waals surface area (Å²) >= 11 is 0. The van der Waals surface area contributed by atoms with Crippen LogP contribution in [0.2, 0.25) is 0 Å². The second-order valence-electron chi connectivity index (χ2n) is 2.60. The first-order valence-corrected chi connectivity index (χ1v) is 4.08. The predicted octanol–water partition coefficient (Wildman–Crippen LogP) is 2.03. The lowest BCUT2D eigenvalue weighted by atomic mass is 10.1. The number of ketones is 1. The van der Waals surface area contributed by atoms with Crippen LogP contribution in [-0.4, -0.2) is 19.1 Å². The molecule has 0 amide bonds. The molecule has 1 rings (SSSR count). The second kappa shape index (κ2) is 5.11. The zero-order valence-corrected chi connectivity index (χ0v) is 7.74. The minimum absolute atomic E-state index is 0.120. The highest BCUT2D eigenvalue weighted by Gasteiger charge is 2.03. The molecule has 0 fully saturated rings. The fourth-order valence-corrected chi connectivity index (χ4v) is 0.948. The number of rotatable bonds is 4. The van der Waals surface area contributed by atoms with E-state index in [0.29, 0.717) is 5.56 Å². The average Bonchev–Trinajstić information content (AvgIpc) is 2.19. The van der Waals surface area contributed by atoms with E-state index in [4.69, 9.17) is 0 Å². The fraction of sp³-hybridized carbons (Fsp3) is 0.200. The molecule has 1 aromatic carbocycles. The molecule has 0 aromatic heterocycles. The molecule has 4 heteroatoms. The third-order valence-corrected chi connectivity index (χ3v) is 1.62. The van der Waals surface area contributed by atoms with Crippen molar-refractivity contribution in [1.29, 1.82) is 0 Å². The lowest BCUT2D eigenvalue weighted by molar-refractivity contribution is 0.1000. The fourth-order valence-electron chi connectivity index (χ4n) is 0.948. The van der Waals surface area contributed by atoms with Crippen molar-refractivity contribution in [2.24, 2.45) is 5.16 Å². The Labute approximate surface area is 81.2 Å². The van der Waals surface area contributed by atoms with E-state index in [0.717, 1.165) is 0 Å². The molecule has 74 valence electrons. The number of benzene rings is 1. The van der Waals surface area contributed by atoms with Crippen molar-refractivity contribution < 1.29 is 14.0 Å². The first kappa shape index (κ1) is 10.4. The van der Waals surface area contributed by atoms with Crippen molar-refractivity contribution in [2.45, 2.75) is 6.42 Å². The Morgan fingerprint density at radius 1 is 1.50 bits per heavy atom. The van der Waals surface area contributed by atoms with Crippen LogP contribution in [0.4, 0.5) is 4.39 Å². The molecule has 0 N–H and O–H groups in total. The molecule has 0 atom stereocenters. The van der Waals surface area contributed by atoms with Gasteiger partial charge in [0.25, 0.3) is 0 Å². The molecule has 0 spiro atoms. The highest BCUT2D eigenvalue weighted by atomic mass is 19.1. The summed E-state index contributed by atoms with van der Waals surface area (Å²) in [5.74, 6) is -0.474. The Morgan fingerprint density at radius 2 is 2.14 bits per heavy atom. The van der Waals surface area contributed by atoms with Gasteiger partial charge in [-0.2, -0.15) is 0 Å². The zero-order chi connectivity index (χ0) is 10.4. The minimum atomic E-state index is -0.355. The van der Waals surface area contributed by atoms with E-state index in [1.54, 1.807) is 0 Å². The average molecular weight is 195 g/mol. The molecule has 0 saturated heterocycles. The number of oxime groups is 1. The quantitative estimate of drug-likeness (QED) is 0.419. The van der Waals surface area contributed by atoms with E-state index in [2.05, 4.69) is 9.99 Å². The maximum Gasteiger partial charge on any atom is 0.168 e. The molecule has 14 heavy (non-hydrogen) atoms. The molecule has 0 aliphatic rings. The molecule has 0 saturated carbocycles. The lowest BCUT2D eigenvalue weighted by Gasteiger charge is -1.96. The summed E-state index contributed by atoms with van der Waals surface area (Å²) < 4.78 is 12.5. The van der Waals surface area contributed by atoms with Crippen molar-refractivity contribution in [3.8, 4) is 0 Å². The van der Waals surface area contributed by atoms with Gasteiger partial charge in [-0.3, -0.25) is 4.79 Å². The van der Waals surface area contributed by atoms with Crippen molar-refractivity contribution in [1.82, 2.24) is 0 Å². The molecule has 0 aliphatic heterocycles. The summed E-state index contributed by atoms with van der Waals surface area (Å²) in [4.78, 5) is 15.8. The number of hydrogen-bond donors (Lipinski definition) is 0. The largest absolute Gasteiger partial charge is 0.399 e. The van der Waals surface area contributed by atoms with E-state index < -0.39 is 0 Å². The number of carbonyl (C=O) groups is 1. The maximum atomic E-state index is 12.5. The SMILES string of the molecule is CON=CCC(=O)c1ccc(F)cc1. The Bertz CT molecular complexity index is 332. The van der Waals surface area contributed by atoms with E-state index in [9.17, 15) is 9.18 Å². The van der Waals surface area contributed by atoms with Gasteiger partial charge in [-0.05, 0) is 24.3 Å². The Balaban J connectivity index is 2.61. The highest BCUT2D eigenvalue weighted by Crippen LogP contribution is 2.04. The Kier molecular flexibility index (Phi) is 3.79. The van der Waals surface area contributed by atoms with Crippen LogP contribution in [0.25, 0.3) is 0 Å². The topological polar surface area (TPSA) is 38.7 Å². The summed E-state index contributed by atoms with van der Waals surface area (Å²) in [6.07, 6.45) is 1.52. The van der Waals surface area contributed by atoms with Crippen LogP contribution in [0, 0.1) is 5.82 Å². The number of halogens is 1. The number of Topliss-reactive ketones (excluding diaryl/α,β-unsaturated/α-hetero) is 1. The van der Waals surface area contributed by atoms with Gasteiger partial charge in [-0.25, -0.2) is 4.39 Å². The molecule has 1 aromatic rings. The third kappa shape index (κ3) is 2.97. The highest BCUT2D eigenvalue weighted by molar-refractivity contribution is 6.03. The van der Waals surface area contributed by atoms with Crippen LogP contribution < -0.4 is 0 Å². The van der Waals surface area contributed by atoms with Crippen LogP contribution in [0.5, 0.6) is 0 Å². The molecule has 3 nitrogen and oxygen atoms in total. The maximum absolute atomic E-state index is 12.5. The van der Waals surface area contributed by atoms with Crippen LogP contribution >= 0.6 is 0 Å². The number of hydrogen-bond acceptors (Lipinski definition) is 3. The lowest BCUT2D eigenvalue weighted by Crippen LogP contribution is -1.99. The van der Waals surface area contributed by atoms with E-state index in [-0.39, 0.29) is 18.0 Å². The zero-order valence-electron chi connectivity index (χ0n) is 7.74. The number of nitrogens with zero attached hydrogens (tertiary/aromatic N) is 1. The van der Waals surface area contributed by atoms with Gasteiger partial charge in [0.05, 0.1) is 6.21 Å². The van der Waals surface area contributed by atoms with Gasteiger partial charge in [0, 0.05) is 12.0 Å². The molecular formula is C10H10FNO2. The molecule has 0 aliphatic carbocycles. The van der Waals surface area contributed by atoms with Crippen LogP contribution in [0.1, 0.15) is 16.8 Å². The second-order valence-corrected chi connectivity index (χ2v) is 2.60. The summed E-state index contributed by atoms with van der Waals surface area (Å²) in [7, 11) is 1.40. The number of carbonyl (C=O) groups excluding carboxylic acids is 1. The van der Waals surface area contributed by atoms with Gasteiger partial charge in [0.2, 0.25) is 0 Å². The Hall–Kier alpha value is -1.71. The van der Waals surface area contributed by atoms with Gasteiger partial charge in [-0.1, -0.05) is 5.16 Å². The van der Waals surface area contributed by atoms with Gasteiger partial charge in [-0.15, -0.1) is 0 Å². The summed E-state index contributed by atoms with van der Waals surface area (Å²) in [5, 5.41) is 3.43. The van der Waals surface area contributed by atoms with Gasteiger partial charge in [0.15, 0.2) is 5.78 Å². The monoisotopic (exact) mass is 195 g/mol. The minimum Gasteiger partial charge on any atom is -0.399 e. The summed E-state index contributed by atoms with van der Waals surface area (Å²) in [6.45, 7) is 0. The van der Waals surface area contributed by atoms with Crippen molar-refractivity contribution >= 4 is 12.0 Å². The van der Waals surface area contributed by atoms with E-state index in [1.807, 2.05) is 0 Å². The first-order valence-electron chi connectivity index (χ1n) is 4.08. The van der Waals surface area contributed by atoms with E-state index >= 15 is 0 Å². The van der Waals surface area contributed by atoms with Crippen molar-refractivity contribution in [2.75, 3.05) is 7.11 Å². The predicted molar refractivity (Wildman–Crippen MR) is 50.8 cm³/mol.